The summed E-state index contributed by atoms with van der Waals surface area (Å²) in [5, 5.41) is 11.2. The van der Waals surface area contributed by atoms with Crippen molar-refractivity contribution in [3.8, 4) is 34.3 Å². The number of benzene rings is 2. The van der Waals surface area contributed by atoms with Gasteiger partial charge in [0.2, 0.25) is 5.75 Å². The predicted octanol–water partition coefficient (Wildman–Crippen LogP) is 2.23. The van der Waals surface area contributed by atoms with Crippen LogP contribution in [0, 0.1) is 0 Å². The number of H-pyrrole nitrogens is 1. The van der Waals surface area contributed by atoms with Crippen LogP contribution in [-0.2, 0) is 0 Å². The highest BCUT2D eigenvalue weighted by Gasteiger charge is 2.19. The van der Waals surface area contributed by atoms with Crippen molar-refractivity contribution in [1.82, 2.24) is 30.2 Å². The van der Waals surface area contributed by atoms with Gasteiger partial charge in [0, 0.05) is 0 Å². The molecule has 0 saturated carbocycles. The number of rotatable bonds is 5. The lowest BCUT2D eigenvalue weighted by atomic mass is 10.1. The van der Waals surface area contributed by atoms with E-state index in [4.69, 9.17) is 14.2 Å². The Balaban J connectivity index is 1.84. The molecule has 4 aromatic rings. The maximum absolute atomic E-state index is 5.55. The molecule has 132 valence electrons. The molecule has 2 aromatic carbocycles. The summed E-state index contributed by atoms with van der Waals surface area (Å²) < 4.78 is 17.9. The minimum absolute atomic E-state index is 0.516. The number of nitrogens with one attached hydrogen (secondary N) is 1. The summed E-state index contributed by atoms with van der Waals surface area (Å²) in [7, 11) is 4.74. The molecule has 0 atom stereocenters. The lowest BCUT2D eigenvalue weighted by Crippen LogP contribution is -1.97. The topological polar surface area (TPSA) is 100.0 Å². The van der Waals surface area contributed by atoms with E-state index in [-0.39, 0.29) is 0 Å². The first-order valence-electron chi connectivity index (χ1n) is 7.77. The van der Waals surface area contributed by atoms with E-state index in [0.29, 0.717) is 23.1 Å². The van der Waals surface area contributed by atoms with Crippen LogP contribution in [0.2, 0.25) is 0 Å². The van der Waals surface area contributed by atoms with Gasteiger partial charge in [0.05, 0.1) is 43.6 Å². The van der Waals surface area contributed by atoms with Gasteiger partial charge in [0.1, 0.15) is 12.2 Å². The quantitative estimate of drug-likeness (QED) is 0.588. The molecule has 0 aliphatic rings. The van der Waals surface area contributed by atoms with Gasteiger partial charge in [-0.05, 0) is 40.8 Å². The maximum atomic E-state index is 5.55. The lowest BCUT2D eigenvalue weighted by Gasteiger charge is -2.14. The highest BCUT2D eigenvalue weighted by Crippen LogP contribution is 2.43. The number of methoxy groups -OCH3 is 3. The van der Waals surface area contributed by atoms with Crippen molar-refractivity contribution >= 4 is 11.0 Å². The molecule has 1 N–H and O–H groups in total. The number of aromatic amines is 1. The van der Waals surface area contributed by atoms with Gasteiger partial charge in [-0.3, -0.25) is 0 Å². The van der Waals surface area contributed by atoms with E-state index in [1.807, 2.05) is 30.3 Å². The zero-order valence-electron chi connectivity index (χ0n) is 14.4. The zero-order chi connectivity index (χ0) is 18.1. The van der Waals surface area contributed by atoms with Crippen LogP contribution in [0.15, 0.2) is 36.7 Å². The van der Waals surface area contributed by atoms with Crippen molar-refractivity contribution in [2.45, 2.75) is 0 Å². The smallest absolute Gasteiger partial charge is 0.204 e. The van der Waals surface area contributed by atoms with Gasteiger partial charge >= 0.3 is 0 Å². The first-order valence-corrected chi connectivity index (χ1v) is 7.77. The summed E-state index contributed by atoms with van der Waals surface area (Å²) in [6.07, 6.45) is 1.54. The van der Waals surface area contributed by atoms with Gasteiger partial charge in [-0.15, -0.1) is 5.10 Å². The van der Waals surface area contributed by atoms with Crippen LogP contribution < -0.4 is 14.2 Å². The summed E-state index contributed by atoms with van der Waals surface area (Å²) in [6, 6.07) is 9.42. The molecule has 2 aromatic heterocycles. The second-order valence-electron chi connectivity index (χ2n) is 5.42. The first-order chi connectivity index (χ1) is 12.7. The van der Waals surface area contributed by atoms with Gasteiger partial charge in [0.15, 0.2) is 11.5 Å². The largest absolute Gasteiger partial charge is 0.493 e. The average molecular weight is 352 g/mol. The van der Waals surface area contributed by atoms with E-state index in [9.17, 15) is 0 Å². The number of hydrogen-bond acceptors (Lipinski definition) is 7. The fourth-order valence-electron chi connectivity index (χ4n) is 2.84. The molecule has 2 heterocycles. The van der Waals surface area contributed by atoms with Gasteiger partial charge in [-0.25, -0.2) is 9.67 Å². The molecular formula is C17H16N6O3. The van der Waals surface area contributed by atoms with Crippen LogP contribution in [0.3, 0.4) is 0 Å². The molecule has 9 heteroatoms. The summed E-state index contributed by atoms with van der Waals surface area (Å²) in [4.78, 5) is 7.96. The molecular weight excluding hydrogens is 336 g/mol. The molecule has 0 bridgehead atoms. The highest BCUT2D eigenvalue weighted by atomic mass is 16.5. The number of nitrogens with zero attached hydrogens (tertiary/aromatic N) is 5. The summed E-state index contributed by atoms with van der Waals surface area (Å²) >= 11 is 0. The normalized spacial score (nSPS) is 10.9. The molecule has 0 saturated heterocycles. The Labute approximate surface area is 148 Å². The molecule has 0 fully saturated rings. The molecule has 26 heavy (non-hydrogen) atoms. The minimum atomic E-state index is 0.516. The third-order valence-electron chi connectivity index (χ3n) is 4.04. The summed E-state index contributed by atoms with van der Waals surface area (Å²) in [5.74, 6) is 2.31. The molecule has 0 aliphatic heterocycles. The van der Waals surface area contributed by atoms with E-state index >= 15 is 0 Å². The molecule has 4 rings (SSSR count). The van der Waals surface area contributed by atoms with Crippen molar-refractivity contribution in [3.05, 3.63) is 36.7 Å². The van der Waals surface area contributed by atoms with Crippen molar-refractivity contribution < 1.29 is 14.2 Å². The second kappa shape index (κ2) is 6.36. The Bertz CT molecular complexity index is 1060. The van der Waals surface area contributed by atoms with E-state index in [0.717, 1.165) is 22.3 Å². The zero-order valence-corrected chi connectivity index (χ0v) is 14.4. The lowest BCUT2D eigenvalue weighted by molar-refractivity contribution is 0.325. The summed E-state index contributed by atoms with van der Waals surface area (Å²) in [6.45, 7) is 0. The van der Waals surface area contributed by atoms with Crippen molar-refractivity contribution in [3.63, 3.8) is 0 Å². The van der Waals surface area contributed by atoms with E-state index in [1.54, 1.807) is 26.0 Å². The Kier molecular flexibility index (Phi) is 3.88. The van der Waals surface area contributed by atoms with Crippen LogP contribution in [0.4, 0.5) is 0 Å². The third-order valence-corrected chi connectivity index (χ3v) is 4.04. The standard InChI is InChI=1S/C17H16N6O3/c1-24-14-7-5-11(15(25-2)16(14)26-3)17-19-12-6-4-10(8-13(12)20-17)23-9-18-21-22-23/h4-9H,1-3H3,(H,19,20). The van der Waals surface area contributed by atoms with Crippen molar-refractivity contribution in [1.29, 1.82) is 0 Å². The monoisotopic (exact) mass is 352 g/mol. The predicted molar refractivity (Wildman–Crippen MR) is 93.9 cm³/mol. The van der Waals surface area contributed by atoms with Crippen LogP contribution in [-0.4, -0.2) is 51.5 Å². The number of aromatic nitrogens is 6. The number of hydrogen-bond donors (Lipinski definition) is 1. The van der Waals surface area contributed by atoms with Gasteiger partial charge < -0.3 is 19.2 Å². The molecule has 0 unspecified atom stereocenters. The Morgan fingerprint density at radius 1 is 0.962 bits per heavy atom. The Morgan fingerprint density at radius 2 is 1.81 bits per heavy atom. The SMILES string of the molecule is COc1ccc(-c2nc3ccc(-n4cnnn4)cc3[nH]2)c(OC)c1OC. The number of imidazole rings is 1. The van der Waals surface area contributed by atoms with Crippen LogP contribution in [0.25, 0.3) is 28.1 Å². The first kappa shape index (κ1) is 15.9. The van der Waals surface area contributed by atoms with E-state index in [2.05, 4.69) is 25.5 Å². The Morgan fingerprint density at radius 3 is 2.50 bits per heavy atom. The van der Waals surface area contributed by atoms with E-state index in [1.165, 1.54) is 6.33 Å². The molecule has 0 amide bonds. The van der Waals surface area contributed by atoms with Gasteiger partial charge in [-0.1, -0.05) is 0 Å². The Hall–Kier alpha value is -3.62. The third kappa shape index (κ3) is 2.50. The molecule has 0 aliphatic carbocycles. The number of tetrazole rings is 1. The van der Waals surface area contributed by atoms with Crippen LogP contribution in [0.1, 0.15) is 0 Å². The van der Waals surface area contributed by atoms with Crippen molar-refractivity contribution in [2.75, 3.05) is 21.3 Å². The van der Waals surface area contributed by atoms with Crippen molar-refractivity contribution in [2.24, 2.45) is 0 Å². The summed E-state index contributed by atoms with van der Waals surface area (Å²) in [5.41, 5.74) is 3.26. The molecule has 9 nitrogen and oxygen atoms in total. The van der Waals surface area contributed by atoms with Gasteiger partial charge in [0.25, 0.3) is 0 Å². The average Bonchev–Trinajstić information content (AvgIpc) is 3.35. The maximum Gasteiger partial charge on any atom is 0.204 e. The fraction of sp³-hybridized carbons (Fsp3) is 0.176. The molecule has 0 radical (unpaired) electrons. The van der Waals surface area contributed by atoms with Crippen LogP contribution in [0.5, 0.6) is 17.2 Å². The van der Waals surface area contributed by atoms with E-state index < -0.39 is 0 Å². The number of fused-ring (bicyclic) bond motifs is 1. The number of ether oxygens (including phenoxy) is 3. The van der Waals surface area contributed by atoms with Crippen LogP contribution >= 0.6 is 0 Å². The second-order valence-corrected chi connectivity index (χ2v) is 5.42. The highest BCUT2D eigenvalue weighted by molar-refractivity contribution is 5.83. The molecule has 0 spiro atoms. The fourth-order valence-corrected chi connectivity index (χ4v) is 2.84. The van der Waals surface area contributed by atoms with Gasteiger partial charge in [-0.2, -0.15) is 0 Å². The minimum Gasteiger partial charge on any atom is -0.493 e.